The van der Waals surface area contributed by atoms with Crippen LogP contribution in [0.15, 0.2) is 24.3 Å². The average Bonchev–Trinajstić information content (AvgIpc) is 2.42. The van der Waals surface area contributed by atoms with E-state index in [-0.39, 0.29) is 5.82 Å². The molecule has 3 nitrogen and oxygen atoms in total. The Hall–Kier alpha value is -1.13. The molecule has 0 saturated carbocycles. The molecule has 1 heterocycles. The zero-order valence-corrected chi connectivity index (χ0v) is 12.6. The van der Waals surface area contributed by atoms with Crippen molar-refractivity contribution in [2.75, 3.05) is 51.1 Å². The van der Waals surface area contributed by atoms with E-state index in [9.17, 15) is 4.39 Å². The second-order valence-corrected chi connectivity index (χ2v) is 5.97. The van der Waals surface area contributed by atoms with Gasteiger partial charge in [-0.15, -0.1) is 0 Å². The Kier molecular flexibility index (Phi) is 5.80. The van der Waals surface area contributed by atoms with Crippen LogP contribution < -0.4 is 5.32 Å². The molecule has 1 aliphatic rings. The largest absolute Gasteiger partial charge is 0.384 e. The van der Waals surface area contributed by atoms with Gasteiger partial charge < -0.3 is 10.2 Å². The van der Waals surface area contributed by atoms with Gasteiger partial charge in [0.15, 0.2) is 0 Å². The Balaban J connectivity index is 1.62. The van der Waals surface area contributed by atoms with Gasteiger partial charge in [0.05, 0.1) is 0 Å². The number of nitrogens with zero attached hydrogens (tertiary/aromatic N) is 2. The number of hydrogen-bond donors (Lipinski definition) is 1. The van der Waals surface area contributed by atoms with Crippen LogP contribution in [-0.2, 0) is 0 Å². The van der Waals surface area contributed by atoms with E-state index in [2.05, 4.69) is 29.0 Å². The topological polar surface area (TPSA) is 18.5 Å². The molecule has 0 amide bonds. The van der Waals surface area contributed by atoms with Gasteiger partial charge in [0, 0.05) is 51.5 Å². The Labute approximate surface area is 121 Å². The van der Waals surface area contributed by atoms with Crippen LogP contribution >= 0.6 is 0 Å². The van der Waals surface area contributed by atoms with Gasteiger partial charge in [-0.3, -0.25) is 4.90 Å². The molecule has 0 unspecified atom stereocenters. The van der Waals surface area contributed by atoms with Gasteiger partial charge in [-0.05, 0) is 30.2 Å². The van der Waals surface area contributed by atoms with Crippen molar-refractivity contribution in [3.05, 3.63) is 30.1 Å². The summed E-state index contributed by atoms with van der Waals surface area (Å²) in [5, 5.41) is 3.34. The summed E-state index contributed by atoms with van der Waals surface area (Å²) in [6.07, 6.45) is 0. The Morgan fingerprint density at radius 2 is 1.65 bits per heavy atom. The second kappa shape index (κ2) is 7.60. The predicted octanol–water partition coefficient (Wildman–Crippen LogP) is 2.51. The quantitative estimate of drug-likeness (QED) is 0.863. The van der Waals surface area contributed by atoms with E-state index in [1.807, 2.05) is 0 Å². The molecule has 1 aliphatic heterocycles. The fourth-order valence-electron chi connectivity index (χ4n) is 2.64. The van der Waals surface area contributed by atoms with Crippen molar-refractivity contribution in [1.29, 1.82) is 0 Å². The predicted molar refractivity (Wildman–Crippen MR) is 82.6 cm³/mol. The number of piperazine rings is 1. The maximum absolute atomic E-state index is 12.8. The molecule has 0 radical (unpaired) electrons. The molecular weight excluding hydrogens is 253 g/mol. The number of hydrogen-bond acceptors (Lipinski definition) is 3. The van der Waals surface area contributed by atoms with Crippen LogP contribution in [0.2, 0.25) is 0 Å². The van der Waals surface area contributed by atoms with Crippen LogP contribution in [-0.4, -0.2) is 55.6 Å². The van der Waals surface area contributed by atoms with Gasteiger partial charge in [-0.25, -0.2) is 4.39 Å². The first-order valence-electron chi connectivity index (χ1n) is 7.57. The summed E-state index contributed by atoms with van der Waals surface area (Å²) in [6, 6.07) is 6.56. The van der Waals surface area contributed by atoms with E-state index < -0.39 is 0 Å². The minimum Gasteiger partial charge on any atom is -0.384 e. The Bertz CT molecular complexity index is 383. The van der Waals surface area contributed by atoms with Crippen LogP contribution in [0, 0.1) is 11.7 Å². The highest BCUT2D eigenvalue weighted by molar-refractivity contribution is 5.42. The van der Waals surface area contributed by atoms with Gasteiger partial charge >= 0.3 is 0 Å². The number of anilines is 1. The third-order valence-corrected chi connectivity index (χ3v) is 3.69. The molecule has 1 fully saturated rings. The standard InChI is InChI=1S/C16H26FN3/c1-14(2)13-20-11-9-19(10-12-20)8-7-18-16-5-3-15(17)4-6-16/h3-6,14,18H,7-13H2,1-2H3. The lowest BCUT2D eigenvalue weighted by Gasteiger charge is -2.35. The Morgan fingerprint density at radius 1 is 1.05 bits per heavy atom. The molecule has 1 aromatic rings. The van der Waals surface area contributed by atoms with E-state index in [4.69, 9.17) is 0 Å². The summed E-state index contributed by atoms with van der Waals surface area (Å²) in [4.78, 5) is 5.04. The molecule has 0 spiro atoms. The SMILES string of the molecule is CC(C)CN1CCN(CCNc2ccc(F)cc2)CC1. The highest BCUT2D eigenvalue weighted by Gasteiger charge is 2.16. The van der Waals surface area contributed by atoms with Gasteiger partial charge in [0.25, 0.3) is 0 Å². The fourth-order valence-corrected chi connectivity index (χ4v) is 2.64. The number of nitrogens with one attached hydrogen (secondary N) is 1. The number of benzene rings is 1. The summed E-state index contributed by atoms with van der Waals surface area (Å²) < 4.78 is 12.8. The van der Waals surface area contributed by atoms with Crippen molar-refractivity contribution in [2.24, 2.45) is 5.92 Å². The normalized spacial score (nSPS) is 17.6. The highest BCUT2D eigenvalue weighted by atomic mass is 19.1. The van der Waals surface area contributed by atoms with Gasteiger partial charge in [0.1, 0.15) is 5.82 Å². The minimum absolute atomic E-state index is 0.183. The lowest BCUT2D eigenvalue weighted by Crippen LogP contribution is -2.48. The molecule has 0 aliphatic carbocycles. The average molecular weight is 279 g/mol. The molecule has 2 rings (SSSR count). The molecule has 112 valence electrons. The first kappa shape index (κ1) is 15.3. The fraction of sp³-hybridized carbons (Fsp3) is 0.625. The molecule has 0 bridgehead atoms. The lowest BCUT2D eigenvalue weighted by atomic mass is 10.2. The molecule has 1 N–H and O–H groups in total. The van der Waals surface area contributed by atoms with Gasteiger partial charge in [-0.2, -0.15) is 0 Å². The third kappa shape index (κ3) is 5.10. The maximum Gasteiger partial charge on any atom is 0.123 e. The summed E-state index contributed by atoms with van der Waals surface area (Å²) in [5.41, 5.74) is 0.991. The summed E-state index contributed by atoms with van der Waals surface area (Å²) in [6.45, 7) is 12.4. The highest BCUT2D eigenvalue weighted by Crippen LogP contribution is 2.08. The van der Waals surface area contributed by atoms with Gasteiger partial charge in [0.2, 0.25) is 0 Å². The van der Waals surface area contributed by atoms with Crippen LogP contribution in [0.3, 0.4) is 0 Å². The zero-order valence-electron chi connectivity index (χ0n) is 12.6. The summed E-state index contributed by atoms with van der Waals surface area (Å²) in [7, 11) is 0. The van der Waals surface area contributed by atoms with Gasteiger partial charge in [-0.1, -0.05) is 13.8 Å². The monoisotopic (exact) mass is 279 g/mol. The van der Waals surface area contributed by atoms with Crippen molar-refractivity contribution in [3.8, 4) is 0 Å². The van der Waals surface area contributed by atoms with Crippen LogP contribution in [0.25, 0.3) is 0 Å². The summed E-state index contributed by atoms with van der Waals surface area (Å²) in [5.74, 6) is 0.568. The lowest BCUT2D eigenvalue weighted by molar-refractivity contribution is 0.125. The van der Waals surface area contributed by atoms with E-state index in [0.29, 0.717) is 0 Å². The maximum atomic E-state index is 12.8. The van der Waals surface area contributed by atoms with Crippen molar-refractivity contribution in [1.82, 2.24) is 9.80 Å². The number of halogens is 1. The first-order chi connectivity index (χ1) is 9.63. The molecular formula is C16H26FN3. The van der Waals surface area contributed by atoms with Crippen molar-refractivity contribution in [2.45, 2.75) is 13.8 Å². The molecule has 4 heteroatoms. The third-order valence-electron chi connectivity index (χ3n) is 3.69. The van der Waals surface area contributed by atoms with Crippen LogP contribution in [0.1, 0.15) is 13.8 Å². The molecule has 1 saturated heterocycles. The number of rotatable bonds is 6. The minimum atomic E-state index is -0.183. The Morgan fingerprint density at radius 3 is 2.25 bits per heavy atom. The molecule has 0 atom stereocenters. The molecule has 20 heavy (non-hydrogen) atoms. The second-order valence-electron chi connectivity index (χ2n) is 5.97. The van der Waals surface area contributed by atoms with Crippen molar-refractivity contribution >= 4 is 5.69 Å². The summed E-state index contributed by atoms with van der Waals surface area (Å²) >= 11 is 0. The van der Waals surface area contributed by atoms with E-state index in [1.54, 1.807) is 12.1 Å². The van der Waals surface area contributed by atoms with E-state index in [0.717, 1.165) is 37.8 Å². The smallest absolute Gasteiger partial charge is 0.123 e. The van der Waals surface area contributed by atoms with Crippen molar-refractivity contribution < 1.29 is 4.39 Å². The van der Waals surface area contributed by atoms with Crippen LogP contribution in [0.4, 0.5) is 10.1 Å². The van der Waals surface area contributed by atoms with E-state index >= 15 is 0 Å². The molecule has 0 aromatic heterocycles. The van der Waals surface area contributed by atoms with Crippen molar-refractivity contribution in [3.63, 3.8) is 0 Å². The zero-order chi connectivity index (χ0) is 14.4. The van der Waals surface area contributed by atoms with E-state index in [1.165, 1.54) is 31.8 Å². The first-order valence-corrected chi connectivity index (χ1v) is 7.57. The van der Waals surface area contributed by atoms with Crippen LogP contribution in [0.5, 0.6) is 0 Å². The molecule has 1 aromatic carbocycles.